The van der Waals surface area contributed by atoms with E-state index in [0.717, 1.165) is 28.2 Å². The van der Waals surface area contributed by atoms with E-state index in [2.05, 4.69) is 33.5 Å². The first-order chi connectivity index (χ1) is 8.58. The van der Waals surface area contributed by atoms with Crippen LogP contribution in [0.2, 0.25) is 0 Å². The van der Waals surface area contributed by atoms with Gasteiger partial charge in [-0.1, -0.05) is 6.92 Å². The minimum absolute atomic E-state index is 0. The predicted molar refractivity (Wildman–Crippen MR) is 86.3 cm³/mol. The number of amides is 1. The highest BCUT2D eigenvalue weighted by atomic mass is 79.9. The molecule has 1 aliphatic heterocycles. The number of rotatable bonds is 3. The minimum atomic E-state index is -0.0663. The molecule has 19 heavy (non-hydrogen) atoms. The first-order valence-electron chi connectivity index (χ1n) is 6.34. The fraction of sp³-hybridized carbons (Fsp3) is 0.615. The van der Waals surface area contributed by atoms with Crippen molar-refractivity contribution in [2.24, 2.45) is 5.92 Å². The van der Waals surface area contributed by atoms with E-state index in [4.69, 9.17) is 0 Å². The molecular weight excluding hydrogens is 348 g/mol. The Hall–Kier alpha value is -0.100. The molecule has 6 heteroatoms. The molecule has 0 spiro atoms. The van der Waals surface area contributed by atoms with Crippen LogP contribution in [0.25, 0.3) is 0 Å². The van der Waals surface area contributed by atoms with E-state index < -0.39 is 0 Å². The van der Waals surface area contributed by atoms with Crippen LogP contribution in [0.3, 0.4) is 0 Å². The van der Waals surface area contributed by atoms with Crippen molar-refractivity contribution in [3.05, 3.63) is 20.8 Å². The lowest BCUT2D eigenvalue weighted by molar-refractivity contribution is -0.123. The van der Waals surface area contributed by atoms with Crippen LogP contribution in [0.15, 0.2) is 15.9 Å². The molecule has 108 valence electrons. The maximum absolute atomic E-state index is 12.2. The Labute approximate surface area is 133 Å². The van der Waals surface area contributed by atoms with Crippen LogP contribution in [0.5, 0.6) is 0 Å². The Morgan fingerprint density at radius 3 is 2.89 bits per heavy atom. The molecular formula is C13H20BrClN2OS. The normalized spacial score (nSPS) is 24.4. The van der Waals surface area contributed by atoms with Crippen LogP contribution < -0.4 is 10.6 Å². The summed E-state index contributed by atoms with van der Waals surface area (Å²) in [5, 5.41) is 6.54. The molecule has 0 aliphatic carbocycles. The molecule has 0 saturated carbocycles. The largest absolute Gasteiger partial charge is 0.352 e. The lowest BCUT2D eigenvalue weighted by Gasteiger charge is -2.31. The zero-order valence-electron chi connectivity index (χ0n) is 11.1. The van der Waals surface area contributed by atoms with Gasteiger partial charge < -0.3 is 10.6 Å². The topological polar surface area (TPSA) is 41.1 Å². The van der Waals surface area contributed by atoms with Crippen molar-refractivity contribution in [1.29, 1.82) is 0 Å². The molecule has 0 bridgehead atoms. The highest BCUT2D eigenvalue weighted by Gasteiger charge is 2.25. The molecule has 3 nitrogen and oxygen atoms in total. The van der Waals surface area contributed by atoms with Crippen LogP contribution in [0.1, 0.15) is 31.1 Å². The number of nitrogens with one attached hydrogen (secondary N) is 2. The Morgan fingerprint density at radius 1 is 1.58 bits per heavy atom. The predicted octanol–water partition coefficient (Wildman–Crippen LogP) is 3.15. The average molecular weight is 368 g/mol. The number of piperidine rings is 1. The number of carbonyl (C=O) groups excluding carboxylic acids is 1. The van der Waals surface area contributed by atoms with Gasteiger partial charge in [0, 0.05) is 10.9 Å². The van der Waals surface area contributed by atoms with Crippen LogP contribution in [0, 0.1) is 5.92 Å². The number of hydrogen-bond donors (Lipinski definition) is 2. The van der Waals surface area contributed by atoms with E-state index in [9.17, 15) is 4.79 Å². The van der Waals surface area contributed by atoms with Crippen molar-refractivity contribution >= 4 is 45.6 Å². The standard InChI is InChI=1S/C13H19BrN2OS.ClH/c1-8-7-15-6-5-10(8)16-13(17)9(2)11-3-4-12(14)18-11;/h3-4,8-10,15H,5-7H2,1-2H3,(H,16,17);1H. The summed E-state index contributed by atoms with van der Waals surface area (Å²) >= 11 is 5.07. The molecule has 2 heterocycles. The maximum atomic E-state index is 12.2. The molecule has 1 fully saturated rings. The van der Waals surface area contributed by atoms with Crippen molar-refractivity contribution in [3.63, 3.8) is 0 Å². The van der Waals surface area contributed by atoms with Gasteiger partial charge in [0.05, 0.1) is 9.70 Å². The van der Waals surface area contributed by atoms with E-state index in [-0.39, 0.29) is 24.2 Å². The van der Waals surface area contributed by atoms with Crippen molar-refractivity contribution in [3.8, 4) is 0 Å². The van der Waals surface area contributed by atoms with Gasteiger partial charge in [-0.2, -0.15) is 0 Å². The summed E-state index contributed by atoms with van der Waals surface area (Å²) in [6, 6.07) is 4.33. The van der Waals surface area contributed by atoms with Crippen LogP contribution in [0.4, 0.5) is 0 Å². The lowest BCUT2D eigenvalue weighted by atomic mass is 9.94. The fourth-order valence-electron chi connectivity index (χ4n) is 2.23. The monoisotopic (exact) mass is 366 g/mol. The summed E-state index contributed by atoms with van der Waals surface area (Å²) in [5.74, 6) is 0.580. The van der Waals surface area contributed by atoms with Gasteiger partial charge in [0.25, 0.3) is 0 Å². The van der Waals surface area contributed by atoms with E-state index in [1.807, 2.05) is 19.1 Å². The number of hydrogen-bond acceptors (Lipinski definition) is 3. The molecule has 3 atom stereocenters. The second-order valence-corrected chi connectivity index (χ2v) is 7.44. The van der Waals surface area contributed by atoms with Gasteiger partial charge in [0.15, 0.2) is 0 Å². The van der Waals surface area contributed by atoms with Crippen LogP contribution in [-0.4, -0.2) is 25.0 Å². The summed E-state index contributed by atoms with van der Waals surface area (Å²) in [7, 11) is 0. The van der Waals surface area contributed by atoms with E-state index in [1.165, 1.54) is 0 Å². The molecule has 1 saturated heterocycles. The summed E-state index contributed by atoms with van der Waals surface area (Å²) < 4.78 is 1.08. The highest BCUT2D eigenvalue weighted by molar-refractivity contribution is 9.11. The summed E-state index contributed by atoms with van der Waals surface area (Å²) in [5.41, 5.74) is 0. The zero-order valence-corrected chi connectivity index (χ0v) is 14.3. The summed E-state index contributed by atoms with van der Waals surface area (Å²) in [6.07, 6.45) is 1.02. The van der Waals surface area contributed by atoms with Gasteiger partial charge in [-0.3, -0.25) is 4.79 Å². The number of carbonyl (C=O) groups is 1. The maximum Gasteiger partial charge on any atom is 0.228 e. The van der Waals surface area contributed by atoms with Gasteiger partial charge in [-0.25, -0.2) is 0 Å². The van der Waals surface area contributed by atoms with Gasteiger partial charge in [-0.15, -0.1) is 23.7 Å². The second kappa shape index (κ2) is 7.62. The van der Waals surface area contributed by atoms with E-state index in [1.54, 1.807) is 11.3 Å². The van der Waals surface area contributed by atoms with Gasteiger partial charge in [-0.05, 0) is 60.4 Å². The Morgan fingerprint density at radius 2 is 2.32 bits per heavy atom. The fourth-order valence-corrected chi connectivity index (χ4v) is 3.70. The third-order valence-corrected chi connectivity index (χ3v) is 5.33. The Kier molecular flexibility index (Phi) is 6.80. The molecule has 1 aromatic heterocycles. The van der Waals surface area contributed by atoms with E-state index >= 15 is 0 Å². The average Bonchev–Trinajstić information content (AvgIpc) is 2.78. The molecule has 1 aromatic rings. The van der Waals surface area contributed by atoms with Crippen molar-refractivity contribution in [2.75, 3.05) is 13.1 Å². The van der Waals surface area contributed by atoms with Gasteiger partial charge in [0.1, 0.15) is 0 Å². The second-order valence-electron chi connectivity index (χ2n) is 4.95. The quantitative estimate of drug-likeness (QED) is 0.861. The molecule has 0 aromatic carbocycles. The van der Waals surface area contributed by atoms with Crippen molar-refractivity contribution < 1.29 is 4.79 Å². The zero-order chi connectivity index (χ0) is 13.1. The highest BCUT2D eigenvalue weighted by Crippen LogP contribution is 2.28. The van der Waals surface area contributed by atoms with Crippen molar-refractivity contribution in [2.45, 2.75) is 32.2 Å². The molecule has 3 unspecified atom stereocenters. The Balaban J connectivity index is 0.00000180. The molecule has 2 N–H and O–H groups in total. The SMILES string of the molecule is CC(C(=O)NC1CCNCC1C)c1ccc(Br)s1.Cl. The molecule has 2 rings (SSSR count). The number of halogens is 2. The third kappa shape index (κ3) is 4.45. The smallest absolute Gasteiger partial charge is 0.228 e. The molecule has 1 aliphatic rings. The lowest BCUT2D eigenvalue weighted by Crippen LogP contribution is -2.49. The number of thiophene rings is 1. The first kappa shape index (κ1) is 17.0. The molecule has 1 amide bonds. The minimum Gasteiger partial charge on any atom is -0.352 e. The van der Waals surface area contributed by atoms with E-state index in [0.29, 0.717) is 12.0 Å². The van der Waals surface area contributed by atoms with Crippen LogP contribution >= 0.6 is 39.7 Å². The summed E-state index contributed by atoms with van der Waals surface area (Å²) in [4.78, 5) is 13.3. The third-order valence-electron chi connectivity index (χ3n) is 3.53. The van der Waals surface area contributed by atoms with Crippen molar-refractivity contribution in [1.82, 2.24) is 10.6 Å². The summed E-state index contributed by atoms with van der Waals surface area (Å²) in [6.45, 7) is 6.14. The van der Waals surface area contributed by atoms with Gasteiger partial charge in [0.2, 0.25) is 5.91 Å². The Bertz CT molecular complexity index is 427. The van der Waals surface area contributed by atoms with Crippen LogP contribution in [-0.2, 0) is 4.79 Å². The first-order valence-corrected chi connectivity index (χ1v) is 7.95. The molecule has 0 radical (unpaired) electrons. The van der Waals surface area contributed by atoms with Gasteiger partial charge >= 0.3 is 0 Å².